The highest BCUT2D eigenvalue weighted by molar-refractivity contribution is 14.0. The number of aliphatic imine (C=N–C) groups is 1. The molecule has 1 fully saturated rings. The Hall–Kier alpha value is -0.460. The molecule has 0 bridgehead atoms. The number of nitrogens with zero attached hydrogens (tertiary/aromatic N) is 3. The molecule has 0 unspecified atom stereocenters. The van der Waals surface area contributed by atoms with Gasteiger partial charge >= 0.3 is 0 Å². The van der Waals surface area contributed by atoms with Gasteiger partial charge in [-0.3, -0.25) is 4.99 Å². The van der Waals surface area contributed by atoms with Crippen molar-refractivity contribution in [3.63, 3.8) is 0 Å². The molecule has 29 heavy (non-hydrogen) atoms. The van der Waals surface area contributed by atoms with E-state index in [2.05, 4.69) is 41.8 Å². The van der Waals surface area contributed by atoms with Crippen molar-refractivity contribution in [2.24, 2.45) is 4.99 Å². The Morgan fingerprint density at radius 2 is 1.97 bits per heavy atom. The van der Waals surface area contributed by atoms with E-state index in [9.17, 15) is 8.42 Å². The fourth-order valence-electron chi connectivity index (χ4n) is 3.01. The van der Waals surface area contributed by atoms with Gasteiger partial charge in [-0.05, 0) is 26.7 Å². The molecule has 0 aliphatic carbocycles. The molecule has 1 aliphatic rings. The first-order valence-corrected chi connectivity index (χ1v) is 12.6. The fraction of sp³-hybridized carbons (Fsp3) is 0.789. The maximum atomic E-state index is 12.0. The summed E-state index contributed by atoms with van der Waals surface area (Å²) < 4.78 is 25.6. The van der Waals surface area contributed by atoms with Gasteiger partial charge in [0.15, 0.2) is 5.96 Å². The lowest BCUT2D eigenvalue weighted by Crippen LogP contribution is -2.50. The van der Waals surface area contributed by atoms with Crippen molar-refractivity contribution in [1.82, 2.24) is 19.9 Å². The van der Waals surface area contributed by atoms with Crippen LogP contribution in [0.1, 0.15) is 58.2 Å². The average Bonchev–Trinajstić information content (AvgIpc) is 3.12. The van der Waals surface area contributed by atoms with E-state index in [4.69, 9.17) is 4.98 Å². The van der Waals surface area contributed by atoms with Crippen LogP contribution in [0.2, 0.25) is 0 Å². The molecule has 0 radical (unpaired) electrons. The van der Waals surface area contributed by atoms with Crippen molar-refractivity contribution in [3.05, 3.63) is 16.1 Å². The molecular formula is C19H36IN5O2S2. The van der Waals surface area contributed by atoms with Gasteiger partial charge in [0, 0.05) is 49.4 Å². The third-order valence-corrected chi connectivity index (χ3v) is 7.60. The van der Waals surface area contributed by atoms with Crippen molar-refractivity contribution >= 4 is 51.3 Å². The minimum absolute atomic E-state index is 0. The number of hydrogen-bond acceptors (Lipinski definition) is 5. The predicted octanol–water partition coefficient (Wildman–Crippen LogP) is 2.97. The summed E-state index contributed by atoms with van der Waals surface area (Å²) in [5.41, 5.74) is 1.21. The maximum Gasteiger partial charge on any atom is 0.213 e. The highest BCUT2D eigenvalue weighted by atomic mass is 127. The van der Waals surface area contributed by atoms with Crippen molar-refractivity contribution in [3.8, 4) is 0 Å². The number of hydrogen-bond donors (Lipinski definition) is 2. The summed E-state index contributed by atoms with van der Waals surface area (Å²) in [5.74, 6) is 0.968. The summed E-state index contributed by atoms with van der Waals surface area (Å²) in [7, 11) is -3.08. The SMILES string of the molecule is CCNC(=NCCc1nc(C(C)(C)C)cs1)NC1CCN(S(=O)(=O)CC)CC1.I. The average molecular weight is 558 g/mol. The maximum absolute atomic E-state index is 12.0. The Labute approximate surface area is 197 Å². The lowest BCUT2D eigenvalue weighted by molar-refractivity contribution is 0.306. The second-order valence-electron chi connectivity index (χ2n) is 8.11. The lowest BCUT2D eigenvalue weighted by Gasteiger charge is -2.32. The highest BCUT2D eigenvalue weighted by Gasteiger charge is 2.27. The van der Waals surface area contributed by atoms with E-state index in [-0.39, 0.29) is 41.2 Å². The van der Waals surface area contributed by atoms with Crippen LogP contribution in [0.3, 0.4) is 0 Å². The second-order valence-corrected chi connectivity index (χ2v) is 11.3. The summed E-state index contributed by atoms with van der Waals surface area (Å²) in [4.78, 5) is 9.41. The van der Waals surface area contributed by atoms with Crippen molar-refractivity contribution < 1.29 is 8.42 Å². The lowest BCUT2D eigenvalue weighted by atomic mass is 9.93. The van der Waals surface area contributed by atoms with Gasteiger partial charge in [0.2, 0.25) is 10.0 Å². The zero-order valence-electron chi connectivity index (χ0n) is 18.2. The molecule has 2 heterocycles. The highest BCUT2D eigenvalue weighted by Crippen LogP contribution is 2.24. The van der Waals surface area contributed by atoms with Crippen LogP contribution in [0.25, 0.3) is 0 Å². The Kier molecular flexibility index (Phi) is 10.8. The number of nitrogens with one attached hydrogen (secondary N) is 2. The van der Waals surface area contributed by atoms with Crippen LogP contribution in [0.15, 0.2) is 10.4 Å². The summed E-state index contributed by atoms with van der Waals surface area (Å²) in [5, 5.41) is 10.0. The molecule has 0 aromatic carbocycles. The van der Waals surface area contributed by atoms with Gasteiger partial charge in [-0.1, -0.05) is 20.8 Å². The summed E-state index contributed by atoms with van der Waals surface area (Å²) in [6, 6.07) is 0.244. The van der Waals surface area contributed by atoms with Gasteiger partial charge < -0.3 is 10.6 Å². The molecule has 1 aromatic rings. The van der Waals surface area contributed by atoms with E-state index in [1.165, 1.54) is 0 Å². The van der Waals surface area contributed by atoms with E-state index >= 15 is 0 Å². The summed E-state index contributed by atoms with van der Waals surface area (Å²) >= 11 is 1.70. The zero-order chi connectivity index (χ0) is 20.8. The second kappa shape index (κ2) is 11.8. The topological polar surface area (TPSA) is 86.7 Å². The fourth-order valence-corrected chi connectivity index (χ4v) is 5.15. The summed E-state index contributed by atoms with van der Waals surface area (Å²) in [6.45, 7) is 12.9. The molecule has 0 saturated carbocycles. The third kappa shape index (κ3) is 8.29. The summed E-state index contributed by atoms with van der Waals surface area (Å²) in [6.07, 6.45) is 2.42. The van der Waals surface area contributed by atoms with Crippen LogP contribution in [-0.2, 0) is 21.9 Å². The molecule has 0 atom stereocenters. The minimum Gasteiger partial charge on any atom is -0.357 e. The Morgan fingerprint density at radius 3 is 2.48 bits per heavy atom. The van der Waals surface area contributed by atoms with Crippen molar-refractivity contribution in [2.75, 3.05) is 31.9 Å². The smallest absolute Gasteiger partial charge is 0.213 e. The van der Waals surface area contributed by atoms with Gasteiger partial charge in [-0.25, -0.2) is 17.7 Å². The van der Waals surface area contributed by atoms with E-state index in [0.29, 0.717) is 19.6 Å². The minimum atomic E-state index is -3.08. The Bertz CT molecular complexity index is 751. The normalized spacial score (nSPS) is 17.1. The predicted molar refractivity (Wildman–Crippen MR) is 133 cm³/mol. The number of halogens is 1. The molecule has 1 saturated heterocycles. The first kappa shape index (κ1) is 26.6. The molecule has 168 valence electrons. The Morgan fingerprint density at radius 1 is 1.31 bits per heavy atom. The van der Waals surface area contributed by atoms with Gasteiger partial charge in [0.05, 0.1) is 16.5 Å². The quantitative estimate of drug-likeness (QED) is 0.306. The van der Waals surface area contributed by atoms with E-state index in [1.54, 1.807) is 22.6 Å². The van der Waals surface area contributed by atoms with Crippen LogP contribution in [-0.4, -0.2) is 61.6 Å². The third-order valence-electron chi connectivity index (χ3n) is 4.81. The van der Waals surface area contributed by atoms with Crippen LogP contribution < -0.4 is 10.6 Å². The molecule has 7 nitrogen and oxygen atoms in total. The van der Waals surface area contributed by atoms with Crippen LogP contribution in [0, 0.1) is 0 Å². The number of thiazole rings is 1. The number of rotatable bonds is 7. The number of guanidine groups is 1. The molecule has 2 rings (SSSR count). The van der Waals surface area contributed by atoms with E-state index in [0.717, 1.165) is 42.5 Å². The molecule has 1 aliphatic heterocycles. The first-order valence-electron chi connectivity index (χ1n) is 10.1. The van der Waals surface area contributed by atoms with Crippen molar-refractivity contribution in [2.45, 2.75) is 65.3 Å². The molecule has 0 spiro atoms. The molecule has 2 N–H and O–H groups in total. The zero-order valence-corrected chi connectivity index (χ0v) is 22.2. The molecule has 1 aromatic heterocycles. The standard InChI is InChI=1S/C19H35N5O2S2.HI/c1-6-20-18(21-11-8-17-23-16(14-27-17)19(3,4)5)22-15-9-12-24(13-10-15)28(25,26)7-2;/h14-15H,6-13H2,1-5H3,(H2,20,21,22);1H. The Balaban J connectivity index is 0.00000420. The van der Waals surface area contributed by atoms with E-state index in [1.807, 2.05) is 6.92 Å². The van der Waals surface area contributed by atoms with Gasteiger partial charge in [-0.15, -0.1) is 35.3 Å². The number of sulfonamides is 1. The van der Waals surface area contributed by atoms with Crippen LogP contribution in [0.4, 0.5) is 0 Å². The molecule has 0 amide bonds. The molecular weight excluding hydrogens is 521 g/mol. The van der Waals surface area contributed by atoms with Crippen LogP contribution in [0.5, 0.6) is 0 Å². The monoisotopic (exact) mass is 557 g/mol. The van der Waals surface area contributed by atoms with Gasteiger partial charge in [0.1, 0.15) is 0 Å². The number of aromatic nitrogens is 1. The van der Waals surface area contributed by atoms with Crippen LogP contribution >= 0.6 is 35.3 Å². The van der Waals surface area contributed by atoms with E-state index < -0.39 is 10.0 Å². The first-order chi connectivity index (χ1) is 13.2. The number of piperidine rings is 1. The molecule has 10 heteroatoms. The van der Waals surface area contributed by atoms with Crippen molar-refractivity contribution in [1.29, 1.82) is 0 Å². The van der Waals surface area contributed by atoms with Gasteiger partial charge in [-0.2, -0.15) is 0 Å². The largest absolute Gasteiger partial charge is 0.357 e. The van der Waals surface area contributed by atoms with Gasteiger partial charge in [0.25, 0.3) is 0 Å².